The first kappa shape index (κ1) is 14.9. The van der Waals surface area contributed by atoms with Crippen molar-refractivity contribution in [3.63, 3.8) is 0 Å². The van der Waals surface area contributed by atoms with Crippen molar-refractivity contribution in [1.29, 1.82) is 0 Å². The fourth-order valence-electron chi connectivity index (χ4n) is 2.02. The molecule has 1 aliphatic rings. The molecular formula is C11H17ClN6O2. The van der Waals surface area contributed by atoms with Crippen LogP contribution in [0.5, 0.6) is 0 Å². The van der Waals surface area contributed by atoms with E-state index in [2.05, 4.69) is 32.1 Å². The van der Waals surface area contributed by atoms with Crippen molar-refractivity contribution in [1.82, 2.24) is 19.8 Å². The highest BCUT2D eigenvalue weighted by molar-refractivity contribution is 6.28. The molecule has 0 amide bonds. The second-order valence-electron chi connectivity index (χ2n) is 4.70. The van der Waals surface area contributed by atoms with E-state index in [0.717, 1.165) is 38.9 Å². The predicted molar refractivity (Wildman–Crippen MR) is 76.1 cm³/mol. The number of anilines is 1. The van der Waals surface area contributed by atoms with E-state index in [1.165, 1.54) is 0 Å². The molecule has 0 unspecified atom stereocenters. The van der Waals surface area contributed by atoms with E-state index in [9.17, 15) is 10.1 Å². The lowest BCUT2D eigenvalue weighted by Gasteiger charge is -2.32. The molecule has 0 aromatic carbocycles. The molecular weight excluding hydrogens is 284 g/mol. The van der Waals surface area contributed by atoms with Crippen LogP contribution in [0.15, 0.2) is 6.20 Å². The quantitative estimate of drug-likeness (QED) is 0.486. The van der Waals surface area contributed by atoms with Crippen LogP contribution >= 0.6 is 11.6 Å². The molecule has 20 heavy (non-hydrogen) atoms. The zero-order valence-corrected chi connectivity index (χ0v) is 12.0. The average molecular weight is 301 g/mol. The Hall–Kier alpha value is -1.51. The molecule has 0 atom stereocenters. The largest absolute Gasteiger partial charge is 0.363 e. The van der Waals surface area contributed by atoms with Gasteiger partial charge in [0, 0.05) is 39.3 Å². The van der Waals surface area contributed by atoms with Crippen LogP contribution in [0.4, 0.5) is 11.5 Å². The number of rotatable bonds is 5. The topological polar surface area (TPSA) is 87.4 Å². The third-order valence-corrected chi connectivity index (χ3v) is 3.44. The van der Waals surface area contributed by atoms with Crippen molar-refractivity contribution in [3.05, 3.63) is 21.6 Å². The van der Waals surface area contributed by atoms with Gasteiger partial charge in [0.05, 0.1) is 4.92 Å². The molecule has 1 aromatic rings. The van der Waals surface area contributed by atoms with Gasteiger partial charge in [0.1, 0.15) is 6.20 Å². The van der Waals surface area contributed by atoms with Crippen molar-refractivity contribution in [2.75, 3.05) is 51.6 Å². The molecule has 0 bridgehead atoms. The summed E-state index contributed by atoms with van der Waals surface area (Å²) >= 11 is 5.66. The third kappa shape index (κ3) is 3.99. The first-order valence-electron chi connectivity index (χ1n) is 6.38. The summed E-state index contributed by atoms with van der Waals surface area (Å²) in [5.74, 6) is 0.170. The highest BCUT2D eigenvalue weighted by Crippen LogP contribution is 2.21. The molecule has 1 aliphatic heterocycles. The van der Waals surface area contributed by atoms with Gasteiger partial charge in [0.15, 0.2) is 0 Å². The minimum atomic E-state index is -0.519. The van der Waals surface area contributed by atoms with Gasteiger partial charge in [-0.3, -0.25) is 15.0 Å². The van der Waals surface area contributed by atoms with Crippen molar-refractivity contribution in [2.24, 2.45) is 0 Å². The number of nitro groups is 1. The monoisotopic (exact) mass is 300 g/mol. The molecule has 0 aliphatic carbocycles. The predicted octanol–water partition coefficient (Wildman–Crippen LogP) is 0.697. The van der Waals surface area contributed by atoms with Crippen LogP contribution in [0.3, 0.4) is 0 Å². The van der Waals surface area contributed by atoms with Crippen LogP contribution in [-0.2, 0) is 0 Å². The first-order chi connectivity index (χ1) is 9.56. The maximum absolute atomic E-state index is 10.9. The maximum atomic E-state index is 10.9. The normalized spacial score (nSPS) is 17.1. The highest BCUT2D eigenvalue weighted by Gasteiger charge is 2.17. The second kappa shape index (κ2) is 6.78. The van der Waals surface area contributed by atoms with E-state index < -0.39 is 4.92 Å². The standard InChI is InChI=1S/C11H17ClN6O2/c1-16-4-6-17(7-5-16)3-2-13-10-9(18(19)20)8-14-11(12)15-10/h8H,2-7H2,1H3,(H,13,14,15). The molecule has 1 aromatic heterocycles. The van der Waals surface area contributed by atoms with Gasteiger partial charge in [-0.1, -0.05) is 0 Å². The zero-order valence-electron chi connectivity index (χ0n) is 11.3. The molecule has 0 radical (unpaired) electrons. The van der Waals surface area contributed by atoms with Gasteiger partial charge >= 0.3 is 5.69 Å². The van der Waals surface area contributed by atoms with Gasteiger partial charge in [-0.25, -0.2) is 4.98 Å². The molecule has 110 valence electrons. The summed E-state index contributed by atoms with van der Waals surface area (Å²) < 4.78 is 0. The number of likely N-dealkylation sites (N-methyl/N-ethyl adjacent to an activating group) is 1. The molecule has 2 heterocycles. The fourth-order valence-corrected chi connectivity index (χ4v) is 2.15. The van der Waals surface area contributed by atoms with Gasteiger partial charge < -0.3 is 10.2 Å². The van der Waals surface area contributed by atoms with Crippen molar-refractivity contribution >= 4 is 23.1 Å². The molecule has 9 heteroatoms. The summed E-state index contributed by atoms with van der Waals surface area (Å²) in [7, 11) is 2.10. The highest BCUT2D eigenvalue weighted by atomic mass is 35.5. The van der Waals surface area contributed by atoms with Crippen LogP contribution in [0.2, 0.25) is 5.28 Å². The number of nitrogens with one attached hydrogen (secondary N) is 1. The van der Waals surface area contributed by atoms with Crippen molar-refractivity contribution in [2.45, 2.75) is 0 Å². The molecule has 1 saturated heterocycles. The second-order valence-corrected chi connectivity index (χ2v) is 5.04. The number of piperazine rings is 1. The molecule has 0 saturated carbocycles. The van der Waals surface area contributed by atoms with Gasteiger partial charge in [0.25, 0.3) is 0 Å². The Balaban J connectivity index is 1.87. The molecule has 1 fully saturated rings. The fraction of sp³-hybridized carbons (Fsp3) is 0.636. The van der Waals surface area contributed by atoms with Crippen molar-refractivity contribution in [3.8, 4) is 0 Å². The zero-order chi connectivity index (χ0) is 14.5. The number of hydrogen-bond donors (Lipinski definition) is 1. The number of hydrogen-bond acceptors (Lipinski definition) is 7. The minimum Gasteiger partial charge on any atom is -0.363 e. The minimum absolute atomic E-state index is 0.00213. The van der Waals surface area contributed by atoms with E-state index in [-0.39, 0.29) is 16.8 Å². The summed E-state index contributed by atoms with van der Waals surface area (Å²) in [6.07, 6.45) is 1.12. The van der Waals surface area contributed by atoms with Gasteiger partial charge in [-0.15, -0.1) is 0 Å². The SMILES string of the molecule is CN1CCN(CCNc2nc(Cl)ncc2[N+](=O)[O-])CC1. The lowest BCUT2D eigenvalue weighted by molar-refractivity contribution is -0.384. The Morgan fingerprint density at radius 2 is 2.15 bits per heavy atom. The first-order valence-corrected chi connectivity index (χ1v) is 6.76. The van der Waals surface area contributed by atoms with E-state index in [0.29, 0.717) is 6.54 Å². The maximum Gasteiger partial charge on any atom is 0.329 e. The molecule has 1 N–H and O–H groups in total. The number of halogens is 1. The Morgan fingerprint density at radius 3 is 2.80 bits per heavy atom. The molecule has 2 rings (SSSR count). The van der Waals surface area contributed by atoms with Crippen LogP contribution in [-0.4, -0.2) is 71.0 Å². The van der Waals surface area contributed by atoms with Crippen LogP contribution < -0.4 is 5.32 Å². The molecule has 0 spiro atoms. The van der Waals surface area contributed by atoms with E-state index in [4.69, 9.17) is 11.6 Å². The van der Waals surface area contributed by atoms with Crippen LogP contribution in [0.25, 0.3) is 0 Å². The summed E-state index contributed by atoms with van der Waals surface area (Å²) in [5.41, 5.74) is -0.159. The van der Waals surface area contributed by atoms with E-state index in [1.54, 1.807) is 0 Å². The Kier molecular flexibility index (Phi) is 5.05. The van der Waals surface area contributed by atoms with Crippen LogP contribution in [0.1, 0.15) is 0 Å². The van der Waals surface area contributed by atoms with E-state index in [1.807, 2.05) is 0 Å². The van der Waals surface area contributed by atoms with Gasteiger partial charge in [-0.05, 0) is 18.6 Å². The van der Waals surface area contributed by atoms with E-state index >= 15 is 0 Å². The Bertz CT molecular complexity index is 478. The van der Waals surface area contributed by atoms with Gasteiger partial charge in [0.2, 0.25) is 11.1 Å². The summed E-state index contributed by atoms with van der Waals surface area (Å²) in [6, 6.07) is 0. The summed E-state index contributed by atoms with van der Waals surface area (Å²) in [6.45, 7) is 5.49. The lowest BCUT2D eigenvalue weighted by atomic mass is 10.3. The van der Waals surface area contributed by atoms with Crippen molar-refractivity contribution < 1.29 is 4.92 Å². The Morgan fingerprint density at radius 1 is 1.45 bits per heavy atom. The smallest absolute Gasteiger partial charge is 0.329 e. The average Bonchev–Trinajstić information content (AvgIpc) is 2.41. The Labute approximate surface area is 121 Å². The van der Waals surface area contributed by atoms with Gasteiger partial charge in [-0.2, -0.15) is 4.98 Å². The van der Waals surface area contributed by atoms with Crippen LogP contribution in [0, 0.1) is 10.1 Å². The third-order valence-electron chi connectivity index (χ3n) is 3.25. The lowest BCUT2D eigenvalue weighted by Crippen LogP contribution is -2.45. The number of nitrogens with zero attached hydrogens (tertiary/aromatic N) is 5. The molecule has 8 nitrogen and oxygen atoms in total. The number of aromatic nitrogens is 2. The summed E-state index contributed by atoms with van der Waals surface area (Å²) in [4.78, 5) is 22.4. The summed E-state index contributed by atoms with van der Waals surface area (Å²) in [5, 5.41) is 13.8.